The van der Waals surface area contributed by atoms with E-state index in [-0.39, 0.29) is 17.4 Å². The van der Waals surface area contributed by atoms with Crippen molar-refractivity contribution < 1.29 is 9.84 Å². The van der Waals surface area contributed by atoms with Crippen molar-refractivity contribution in [1.82, 2.24) is 15.0 Å². The summed E-state index contributed by atoms with van der Waals surface area (Å²) < 4.78 is 5.36. The lowest BCUT2D eigenvalue weighted by Crippen LogP contribution is -2.25. The second-order valence-electron chi connectivity index (χ2n) is 5.13. The molecule has 0 aromatic carbocycles. The number of nitrogens with one attached hydrogen (secondary N) is 1. The predicted octanol–water partition coefficient (Wildman–Crippen LogP) is 2.28. The molecular formula is C13H21ClN4O2. The molecule has 1 aliphatic rings. The van der Waals surface area contributed by atoms with Crippen LogP contribution in [0.5, 0.6) is 6.01 Å². The zero-order valence-electron chi connectivity index (χ0n) is 11.7. The summed E-state index contributed by atoms with van der Waals surface area (Å²) in [4.78, 5) is 12.1. The summed E-state index contributed by atoms with van der Waals surface area (Å²) in [5, 5.41) is 12.9. The van der Waals surface area contributed by atoms with Gasteiger partial charge in [-0.05, 0) is 43.2 Å². The minimum atomic E-state index is -0.180. The molecule has 1 aromatic heterocycles. The molecule has 1 saturated carbocycles. The van der Waals surface area contributed by atoms with Crippen LogP contribution in [0.2, 0.25) is 5.28 Å². The van der Waals surface area contributed by atoms with Gasteiger partial charge in [-0.25, -0.2) is 0 Å². The van der Waals surface area contributed by atoms with Gasteiger partial charge in [0.05, 0.1) is 12.7 Å². The van der Waals surface area contributed by atoms with E-state index in [1.54, 1.807) is 0 Å². The van der Waals surface area contributed by atoms with Crippen LogP contribution in [0.1, 0.15) is 39.0 Å². The fourth-order valence-corrected chi connectivity index (χ4v) is 2.50. The summed E-state index contributed by atoms with van der Waals surface area (Å²) in [6.07, 6.45) is 4.61. The molecule has 0 saturated heterocycles. The first kappa shape index (κ1) is 15.3. The third-order valence-electron chi connectivity index (χ3n) is 3.33. The lowest BCUT2D eigenvalue weighted by atomic mass is 9.87. The van der Waals surface area contributed by atoms with Crippen molar-refractivity contribution in [3.8, 4) is 6.01 Å². The van der Waals surface area contributed by atoms with Crippen molar-refractivity contribution in [3.05, 3.63) is 5.28 Å². The van der Waals surface area contributed by atoms with Gasteiger partial charge >= 0.3 is 6.01 Å². The number of nitrogens with zero attached hydrogens (tertiary/aromatic N) is 3. The number of hydrogen-bond acceptors (Lipinski definition) is 6. The van der Waals surface area contributed by atoms with E-state index in [2.05, 4.69) is 20.3 Å². The predicted molar refractivity (Wildman–Crippen MR) is 77.1 cm³/mol. The Morgan fingerprint density at radius 2 is 2.20 bits per heavy atom. The Balaban J connectivity index is 1.89. The standard InChI is InChI=1S/C13H21ClN4O2/c1-2-6-20-13-17-11(14)16-12(18-13)15-8-9-4-3-5-10(19)7-9/h9-10,19H,2-8H2,1H3,(H,15,16,17,18). The fraction of sp³-hybridized carbons (Fsp3) is 0.769. The Kier molecular flexibility index (Phi) is 5.79. The molecule has 0 bridgehead atoms. The summed E-state index contributed by atoms with van der Waals surface area (Å²) in [5.74, 6) is 0.866. The van der Waals surface area contributed by atoms with Crippen molar-refractivity contribution in [2.45, 2.75) is 45.1 Å². The molecule has 20 heavy (non-hydrogen) atoms. The van der Waals surface area contributed by atoms with E-state index in [0.29, 0.717) is 18.5 Å². The van der Waals surface area contributed by atoms with Crippen LogP contribution < -0.4 is 10.1 Å². The van der Waals surface area contributed by atoms with Gasteiger partial charge in [-0.1, -0.05) is 13.3 Å². The number of ether oxygens (including phenoxy) is 1. The quantitative estimate of drug-likeness (QED) is 0.839. The maximum atomic E-state index is 9.65. The van der Waals surface area contributed by atoms with Gasteiger partial charge in [0.1, 0.15) is 0 Å². The Labute approximate surface area is 123 Å². The van der Waals surface area contributed by atoms with E-state index in [4.69, 9.17) is 16.3 Å². The van der Waals surface area contributed by atoms with Gasteiger partial charge in [0.25, 0.3) is 0 Å². The summed E-state index contributed by atoms with van der Waals surface area (Å²) in [7, 11) is 0. The number of aliphatic hydroxyl groups excluding tert-OH is 1. The Bertz CT molecular complexity index is 433. The van der Waals surface area contributed by atoms with Crippen molar-refractivity contribution >= 4 is 17.5 Å². The van der Waals surface area contributed by atoms with Crippen LogP contribution in [0, 0.1) is 5.92 Å². The molecule has 0 aliphatic heterocycles. The first-order chi connectivity index (χ1) is 9.67. The van der Waals surface area contributed by atoms with Crippen LogP contribution in [0.3, 0.4) is 0 Å². The first-order valence-corrected chi connectivity index (χ1v) is 7.51. The molecule has 1 aromatic rings. The average molecular weight is 301 g/mol. The van der Waals surface area contributed by atoms with Crippen molar-refractivity contribution in [2.24, 2.45) is 5.92 Å². The average Bonchev–Trinajstić information content (AvgIpc) is 2.42. The molecule has 2 unspecified atom stereocenters. The fourth-order valence-electron chi connectivity index (χ4n) is 2.35. The van der Waals surface area contributed by atoms with Crippen LogP contribution in [0.15, 0.2) is 0 Å². The van der Waals surface area contributed by atoms with E-state index < -0.39 is 0 Å². The zero-order valence-corrected chi connectivity index (χ0v) is 12.4. The van der Waals surface area contributed by atoms with Gasteiger partial charge in [-0.15, -0.1) is 0 Å². The molecule has 112 valence electrons. The normalized spacial score (nSPS) is 22.6. The Morgan fingerprint density at radius 3 is 2.95 bits per heavy atom. The summed E-state index contributed by atoms with van der Waals surface area (Å²) in [6, 6.07) is 0.248. The van der Waals surface area contributed by atoms with Crippen LogP contribution >= 0.6 is 11.6 Å². The Morgan fingerprint density at radius 1 is 1.35 bits per heavy atom. The van der Waals surface area contributed by atoms with E-state index in [1.807, 2.05) is 6.92 Å². The number of anilines is 1. The summed E-state index contributed by atoms with van der Waals surface area (Å²) in [6.45, 7) is 3.29. The molecule has 0 amide bonds. The smallest absolute Gasteiger partial charge is 0.322 e. The molecule has 7 heteroatoms. The molecule has 1 fully saturated rings. The lowest BCUT2D eigenvalue weighted by molar-refractivity contribution is 0.104. The van der Waals surface area contributed by atoms with Crippen molar-refractivity contribution in [3.63, 3.8) is 0 Å². The highest BCUT2D eigenvalue weighted by Gasteiger charge is 2.20. The highest BCUT2D eigenvalue weighted by atomic mass is 35.5. The third-order valence-corrected chi connectivity index (χ3v) is 3.50. The number of aromatic nitrogens is 3. The van der Waals surface area contributed by atoms with Crippen LogP contribution in [0.25, 0.3) is 0 Å². The summed E-state index contributed by atoms with van der Waals surface area (Å²) in [5.41, 5.74) is 0. The second kappa shape index (κ2) is 7.59. The second-order valence-corrected chi connectivity index (χ2v) is 5.46. The van der Waals surface area contributed by atoms with Crippen LogP contribution in [-0.4, -0.2) is 39.3 Å². The highest BCUT2D eigenvalue weighted by molar-refractivity contribution is 6.28. The first-order valence-electron chi connectivity index (χ1n) is 7.13. The molecule has 0 radical (unpaired) electrons. The monoisotopic (exact) mass is 300 g/mol. The number of rotatable bonds is 6. The number of halogens is 1. The van der Waals surface area contributed by atoms with Gasteiger partial charge in [0.2, 0.25) is 11.2 Å². The van der Waals surface area contributed by atoms with Crippen molar-refractivity contribution in [1.29, 1.82) is 0 Å². The van der Waals surface area contributed by atoms with Gasteiger partial charge < -0.3 is 15.2 Å². The van der Waals surface area contributed by atoms with E-state index >= 15 is 0 Å². The van der Waals surface area contributed by atoms with Crippen molar-refractivity contribution in [2.75, 3.05) is 18.5 Å². The van der Waals surface area contributed by atoms with Gasteiger partial charge in [-0.2, -0.15) is 15.0 Å². The number of aliphatic hydroxyl groups is 1. The third kappa shape index (κ3) is 4.76. The molecule has 2 rings (SSSR count). The lowest BCUT2D eigenvalue weighted by Gasteiger charge is -2.25. The molecule has 1 heterocycles. The van der Waals surface area contributed by atoms with Gasteiger partial charge in [-0.3, -0.25) is 0 Å². The number of hydrogen-bond donors (Lipinski definition) is 2. The molecule has 1 aliphatic carbocycles. The van der Waals surface area contributed by atoms with Crippen LogP contribution in [0.4, 0.5) is 5.95 Å². The summed E-state index contributed by atoms with van der Waals surface area (Å²) >= 11 is 5.85. The minimum absolute atomic E-state index is 0.122. The van der Waals surface area contributed by atoms with Crippen LogP contribution in [-0.2, 0) is 0 Å². The van der Waals surface area contributed by atoms with Gasteiger partial charge in [0.15, 0.2) is 0 Å². The maximum absolute atomic E-state index is 9.65. The SMILES string of the molecule is CCCOc1nc(Cl)nc(NCC2CCCC(O)C2)n1. The minimum Gasteiger partial charge on any atom is -0.463 e. The largest absolute Gasteiger partial charge is 0.463 e. The van der Waals surface area contributed by atoms with E-state index in [0.717, 1.165) is 38.6 Å². The molecular weight excluding hydrogens is 280 g/mol. The zero-order chi connectivity index (χ0) is 14.4. The highest BCUT2D eigenvalue weighted by Crippen LogP contribution is 2.24. The van der Waals surface area contributed by atoms with Gasteiger partial charge in [0, 0.05) is 6.54 Å². The molecule has 6 nitrogen and oxygen atoms in total. The maximum Gasteiger partial charge on any atom is 0.322 e. The molecule has 2 N–H and O–H groups in total. The molecule has 2 atom stereocenters. The Hall–Kier alpha value is -1.14. The molecule has 0 spiro atoms. The van der Waals surface area contributed by atoms with E-state index in [1.165, 1.54) is 0 Å². The topological polar surface area (TPSA) is 80.2 Å². The van der Waals surface area contributed by atoms with E-state index in [9.17, 15) is 5.11 Å².